The highest BCUT2D eigenvalue weighted by Gasteiger charge is 2.44. The summed E-state index contributed by atoms with van der Waals surface area (Å²) in [5.74, 6) is -0.257. The number of ether oxygens (including phenoxy) is 2. The number of benzene rings is 3. The maximum absolute atomic E-state index is 13.1. The number of nitrogens with one attached hydrogen (secondary N) is 2. The lowest BCUT2D eigenvalue weighted by atomic mass is 9.78. The van der Waals surface area contributed by atoms with Gasteiger partial charge in [0.2, 0.25) is 11.8 Å². The monoisotopic (exact) mass is 677 g/mol. The molecule has 2 aliphatic rings. The number of piperidine rings is 1. The second-order valence-electron chi connectivity index (χ2n) is 12.9. The van der Waals surface area contributed by atoms with Crippen molar-refractivity contribution in [1.82, 2.24) is 20.2 Å². The lowest BCUT2D eigenvalue weighted by molar-refractivity contribution is -0.136. The molecule has 50 heavy (non-hydrogen) atoms. The molecule has 4 amide bonds. The van der Waals surface area contributed by atoms with Crippen LogP contribution in [0.5, 0.6) is 11.5 Å². The first-order valence-electron chi connectivity index (χ1n) is 16.6. The van der Waals surface area contributed by atoms with Crippen LogP contribution >= 0.6 is 0 Å². The molecule has 12 nitrogen and oxygen atoms in total. The highest BCUT2D eigenvalue weighted by Crippen LogP contribution is 2.34. The standard InChI is InChI=1S/C38H39N5O7/c1-23(44)34-40-19-17-27(41-34)22-50-29-12-7-25(8-13-29)38(2,3)24-5-10-28(11-6-24)49-20-4-18-39-26-9-14-30-31(21-26)37(48)43(36(30)47)32-15-16-33(45)42-35(32)46/h5-14,17,19,21,23,32,39,44H,4,15-16,18,20,22H2,1-3H3,(H,42,45,46). The molecule has 0 bridgehead atoms. The summed E-state index contributed by atoms with van der Waals surface area (Å²) in [5.41, 5.74) is 3.85. The van der Waals surface area contributed by atoms with Gasteiger partial charge in [0.15, 0.2) is 5.82 Å². The molecule has 0 radical (unpaired) electrons. The lowest BCUT2D eigenvalue weighted by Crippen LogP contribution is -2.54. The lowest BCUT2D eigenvalue weighted by Gasteiger charge is -2.27. The number of fused-ring (bicyclic) bond motifs is 1. The van der Waals surface area contributed by atoms with Crippen molar-refractivity contribution in [3.05, 3.63) is 113 Å². The summed E-state index contributed by atoms with van der Waals surface area (Å²) >= 11 is 0. The van der Waals surface area contributed by atoms with E-state index in [4.69, 9.17) is 9.47 Å². The topological polar surface area (TPSA) is 160 Å². The zero-order chi connectivity index (χ0) is 35.4. The number of imide groups is 2. The van der Waals surface area contributed by atoms with Gasteiger partial charge in [-0.2, -0.15) is 0 Å². The van der Waals surface area contributed by atoms with Gasteiger partial charge in [-0.3, -0.25) is 29.4 Å². The molecule has 3 heterocycles. The molecule has 0 aliphatic carbocycles. The second kappa shape index (κ2) is 14.5. The van der Waals surface area contributed by atoms with Crippen LogP contribution in [-0.4, -0.2) is 62.8 Å². The van der Waals surface area contributed by atoms with Crippen LogP contribution in [0.25, 0.3) is 0 Å². The fourth-order valence-electron chi connectivity index (χ4n) is 6.03. The van der Waals surface area contributed by atoms with E-state index in [-0.39, 0.29) is 36.0 Å². The van der Waals surface area contributed by atoms with Gasteiger partial charge in [-0.15, -0.1) is 0 Å². The first-order valence-corrected chi connectivity index (χ1v) is 16.6. The van der Waals surface area contributed by atoms with Gasteiger partial charge in [0.05, 0.1) is 23.4 Å². The van der Waals surface area contributed by atoms with Crippen molar-refractivity contribution in [2.75, 3.05) is 18.5 Å². The van der Waals surface area contributed by atoms with Crippen LogP contribution in [0.4, 0.5) is 5.69 Å². The number of aromatic nitrogens is 2. The Morgan fingerprint density at radius 1 is 0.920 bits per heavy atom. The minimum atomic E-state index is -0.991. The van der Waals surface area contributed by atoms with Crippen LogP contribution in [0.15, 0.2) is 79.0 Å². The number of rotatable bonds is 13. The minimum absolute atomic E-state index is 0.0769. The van der Waals surface area contributed by atoms with E-state index in [0.29, 0.717) is 36.8 Å². The largest absolute Gasteiger partial charge is 0.494 e. The van der Waals surface area contributed by atoms with Crippen molar-refractivity contribution in [3.8, 4) is 11.5 Å². The first-order chi connectivity index (χ1) is 24.0. The molecular formula is C38H39N5O7. The van der Waals surface area contributed by atoms with Gasteiger partial charge < -0.3 is 19.9 Å². The van der Waals surface area contributed by atoms with Crippen LogP contribution in [0.1, 0.15) is 89.5 Å². The average molecular weight is 678 g/mol. The van der Waals surface area contributed by atoms with Gasteiger partial charge >= 0.3 is 0 Å². The van der Waals surface area contributed by atoms with E-state index in [1.807, 2.05) is 24.3 Å². The number of amides is 4. The van der Waals surface area contributed by atoms with E-state index in [1.165, 1.54) is 0 Å². The molecule has 0 saturated carbocycles. The number of hydrogen-bond acceptors (Lipinski definition) is 10. The van der Waals surface area contributed by atoms with Crippen molar-refractivity contribution in [1.29, 1.82) is 0 Å². The maximum atomic E-state index is 13.1. The fraction of sp³-hybridized carbons (Fsp3) is 0.316. The number of hydrogen-bond donors (Lipinski definition) is 3. The number of carbonyl (C=O) groups is 4. The summed E-state index contributed by atoms with van der Waals surface area (Å²) in [5, 5.41) is 15.2. The maximum Gasteiger partial charge on any atom is 0.262 e. The second-order valence-corrected chi connectivity index (χ2v) is 12.9. The Kier molecular flexibility index (Phi) is 9.91. The third-order valence-electron chi connectivity index (χ3n) is 9.00. The predicted octanol–water partition coefficient (Wildman–Crippen LogP) is 4.72. The van der Waals surface area contributed by atoms with E-state index >= 15 is 0 Å². The normalized spacial score (nSPS) is 16.6. The molecule has 12 heteroatoms. The summed E-state index contributed by atoms with van der Waals surface area (Å²) in [6, 6.07) is 21.7. The zero-order valence-corrected chi connectivity index (χ0v) is 28.1. The van der Waals surface area contributed by atoms with E-state index in [9.17, 15) is 24.3 Å². The van der Waals surface area contributed by atoms with Gasteiger partial charge in [0.25, 0.3) is 11.8 Å². The molecule has 2 aliphatic heterocycles. The van der Waals surface area contributed by atoms with Gasteiger partial charge in [0.1, 0.15) is 30.3 Å². The Morgan fingerprint density at radius 3 is 2.24 bits per heavy atom. The van der Waals surface area contributed by atoms with Crippen LogP contribution in [0, 0.1) is 0 Å². The van der Waals surface area contributed by atoms with Crippen LogP contribution in [0.2, 0.25) is 0 Å². The molecule has 4 aromatic rings. The minimum Gasteiger partial charge on any atom is -0.494 e. The number of aliphatic hydroxyl groups is 1. The van der Waals surface area contributed by atoms with Crippen molar-refractivity contribution in [2.45, 2.75) is 64.2 Å². The number of carbonyl (C=O) groups excluding carboxylic acids is 4. The van der Waals surface area contributed by atoms with Gasteiger partial charge in [0, 0.05) is 30.3 Å². The summed E-state index contributed by atoms with van der Waals surface area (Å²) in [6.45, 7) is 7.27. The highest BCUT2D eigenvalue weighted by atomic mass is 16.5. The molecule has 0 spiro atoms. The molecule has 2 unspecified atom stereocenters. The SMILES string of the molecule is CC(O)c1nccc(COc2ccc(C(C)(C)c3ccc(OCCCNc4ccc5c(c4)C(=O)N(C4CCC(=O)NC4=O)C5=O)cc3)cc2)n1. The summed E-state index contributed by atoms with van der Waals surface area (Å²) in [4.78, 5) is 59.1. The number of anilines is 1. The molecule has 1 aromatic heterocycles. The molecular weight excluding hydrogens is 638 g/mol. The zero-order valence-electron chi connectivity index (χ0n) is 28.1. The molecule has 6 rings (SSSR count). The third-order valence-corrected chi connectivity index (χ3v) is 9.00. The number of aliphatic hydroxyl groups excluding tert-OH is 1. The first kappa shape index (κ1) is 34.3. The highest BCUT2D eigenvalue weighted by molar-refractivity contribution is 6.23. The van der Waals surface area contributed by atoms with E-state index in [2.05, 4.69) is 58.7 Å². The third kappa shape index (κ3) is 7.35. The Bertz CT molecular complexity index is 1910. The van der Waals surface area contributed by atoms with Crippen LogP contribution < -0.4 is 20.1 Å². The summed E-state index contributed by atoms with van der Waals surface area (Å²) < 4.78 is 11.9. The van der Waals surface area contributed by atoms with Crippen molar-refractivity contribution in [3.63, 3.8) is 0 Å². The average Bonchev–Trinajstić information content (AvgIpc) is 3.36. The van der Waals surface area contributed by atoms with Crippen molar-refractivity contribution >= 4 is 29.3 Å². The van der Waals surface area contributed by atoms with Crippen molar-refractivity contribution < 1.29 is 33.8 Å². The molecule has 1 saturated heterocycles. The number of nitrogens with zero attached hydrogens (tertiary/aromatic N) is 3. The summed E-state index contributed by atoms with van der Waals surface area (Å²) in [6.07, 6.45) is 1.76. The Morgan fingerprint density at radius 2 is 1.58 bits per heavy atom. The fourth-order valence-corrected chi connectivity index (χ4v) is 6.03. The summed E-state index contributed by atoms with van der Waals surface area (Å²) in [7, 11) is 0. The molecule has 258 valence electrons. The molecule has 1 fully saturated rings. The predicted molar refractivity (Wildman–Crippen MR) is 184 cm³/mol. The van der Waals surface area contributed by atoms with Gasteiger partial charge in [-0.25, -0.2) is 9.97 Å². The van der Waals surface area contributed by atoms with Crippen LogP contribution in [-0.2, 0) is 21.6 Å². The van der Waals surface area contributed by atoms with Gasteiger partial charge in [-0.1, -0.05) is 38.1 Å². The molecule has 3 aromatic carbocycles. The Labute approximate surface area is 289 Å². The van der Waals surface area contributed by atoms with Crippen LogP contribution in [0.3, 0.4) is 0 Å². The van der Waals surface area contributed by atoms with Crippen molar-refractivity contribution in [2.24, 2.45) is 0 Å². The van der Waals surface area contributed by atoms with E-state index in [1.54, 1.807) is 37.4 Å². The quantitative estimate of drug-likeness (QED) is 0.134. The smallest absolute Gasteiger partial charge is 0.262 e. The molecule has 3 N–H and O–H groups in total. The van der Waals surface area contributed by atoms with E-state index < -0.39 is 35.8 Å². The Balaban J connectivity index is 0.963. The molecule has 2 atom stereocenters. The van der Waals surface area contributed by atoms with Gasteiger partial charge in [-0.05, 0) is 79.4 Å². The Hall–Kier alpha value is -5.62. The van der Waals surface area contributed by atoms with E-state index in [0.717, 1.165) is 27.5 Å².